The highest BCUT2D eigenvalue weighted by Crippen LogP contribution is 2.45. The van der Waals surface area contributed by atoms with Gasteiger partial charge in [-0.25, -0.2) is 4.79 Å². The summed E-state index contributed by atoms with van der Waals surface area (Å²) in [5.74, 6) is 0.274. The van der Waals surface area contributed by atoms with Crippen LogP contribution in [-0.2, 0) is 4.74 Å². The van der Waals surface area contributed by atoms with Gasteiger partial charge in [0.05, 0.1) is 29.3 Å². The predicted octanol–water partition coefficient (Wildman–Crippen LogP) is 4.68. The fourth-order valence-corrected chi connectivity index (χ4v) is 4.87. The molecule has 1 aromatic carbocycles. The van der Waals surface area contributed by atoms with Gasteiger partial charge in [0, 0.05) is 30.7 Å². The van der Waals surface area contributed by atoms with Gasteiger partial charge in [-0.05, 0) is 64.8 Å². The topological polar surface area (TPSA) is 76.4 Å². The number of rotatable bonds is 4. The van der Waals surface area contributed by atoms with E-state index >= 15 is 0 Å². The number of nitrogens with zero attached hydrogens (tertiary/aromatic N) is 4. The Bertz CT molecular complexity index is 1310. The van der Waals surface area contributed by atoms with Crippen molar-refractivity contribution >= 4 is 29.5 Å². The minimum Gasteiger partial charge on any atom is -0.444 e. The molecule has 0 bridgehead atoms. The molecule has 0 atom stereocenters. The maximum absolute atomic E-state index is 12.9. The van der Waals surface area contributed by atoms with Gasteiger partial charge in [-0.3, -0.25) is 14.1 Å². The van der Waals surface area contributed by atoms with E-state index in [1.165, 1.54) is 23.7 Å². The molecule has 3 aromatic rings. The second kappa shape index (κ2) is 8.78. The lowest BCUT2D eigenvalue weighted by molar-refractivity contribution is 0.0106. The zero-order valence-electron chi connectivity index (χ0n) is 20.5. The molecule has 2 aliphatic rings. The van der Waals surface area contributed by atoms with Gasteiger partial charge in [0.1, 0.15) is 11.2 Å². The van der Waals surface area contributed by atoms with Crippen molar-refractivity contribution in [2.24, 2.45) is 0 Å². The number of benzene rings is 1. The van der Waals surface area contributed by atoms with Crippen molar-refractivity contribution in [2.45, 2.75) is 56.6 Å². The van der Waals surface area contributed by atoms with E-state index in [0.717, 1.165) is 23.4 Å². The van der Waals surface area contributed by atoms with Gasteiger partial charge in [0.2, 0.25) is 5.88 Å². The van der Waals surface area contributed by atoms with Crippen molar-refractivity contribution < 1.29 is 13.7 Å². The molecular formula is C26H30N4O4S. The normalized spacial score (nSPS) is 17.0. The third kappa shape index (κ3) is 5.10. The Hall–Kier alpha value is -3.20. The lowest BCUT2D eigenvalue weighted by atomic mass is 10.1. The standard InChI is InChI=1S/C26H30N4O4S/c1-18-5-8-20(9-6-18)35-34-22-15-23(31)29-16-19(7-10-21(29)27-22)28-13-14-30(26(17-28)11-12-26)24(32)33-25(2,3)4/h5-10,15-16H,11-14,17H2,1-4H3. The van der Waals surface area contributed by atoms with E-state index in [1.807, 2.05) is 75.2 Å². The van der Waals surface area contributed by atoms with Crippen LogP contribution in [0.3, 0.4) is 0 Å². The molecule has 35 heavy (non-hydrogen) atoms. The van der Waals surface area contributed by atoms with Crippen molar-refractivity contribution in [3.63, 3.8) is 0 Å². The quantitative estimate of drug-likeness (QED) is 0.488. The average Bonchev–Trinajstić information content (AvgIpc) is 3.56. The minimum atomic E-state index is -0.516. The van der Waals surface area contributed by atoms with Crippen LogP contribution in [0.2, 0.25) is 0 Å². The van der Waals surface area contributed by atoms with Gasteiger partial charge in [0.25, 0.3) is 5.56 Å². The number of piperazine rings is 1. The van der Waals surface area contributed by atoms with E-state index in [0.29, 0.717) is 25.3 Å². The summed E-state index contributed by atoms with van der Waals surface area (Å²) in [6.07, 6.45) is 3.49. The zero-order chi connectivity index (χ0) is 24.8. The third-order valence-corrected chi connectivity index (χ3v) is 7.04. The van der Waals surface area contributed by atoms with E-state index in [4.69, 9.17) is 8.92 Å². The van der Waals surface area contributed by atoms with Crippen LogP contribution in [0.25, 0.3) is 5.65 Å². The van der Waals surface area contributed by atoms with Gasteiger partial charge in [-0.1, -0.05) is 17.7 Å². The van der Waals surface area contributed by atoms with Gasteiger partial charge < -0.3 is 13.8 Å². The Morgan fingerprint density at radius 3 is 2.51 bits per heavy atom. The molecule has 1 saturated heterocycles. The van der Waals surface area contributed by atoms with Crippen LogP contribution in [0.1, 0.15) is 39.2 Å². The average molecular weight is 495 g/mol. The van der Waals surface area contributed by atoms with Crippen LogP contribution >= 0.6 is 12.0 Å². The molecule has 1 aliphatic heterocycles. The second-order valence-corrected chi connectivity index (χ2v) is 11.1. The first-order chi connectivity index (χ1) is 16.6. The maximum atomic E-state index is 12.9. The Morgan fingerprint density at radius 2 is 1.83 bits per heavy atom. The monoisotopic (exact) mass is 494 g/mol. The molecule has 1 saturated carbocycles. The smallest absolute Gasteiger partial charge is 0.410 e. The van der Waals surface area contributed by atoms with Crippen molar-refractivity contribution in [2.75, 3.05) is 24.5 Å². The van der Waals surface area contributed by atoms with Gasteiger partial charge in [-0.2, -0.15) is 4.98 Å². The number of hydrogen-bond donors (Lipinski definition) is 0. The highest BCUT2D eigenvalue weighted by atomic mass is 32.2. The van der Waals surface area contributed by atoms with E-state index in [1.54, 1.807) is 4.40 Å². The Morgan fingerprint density at radius 1 is 1.09 bits per heavy atom. The molecular weight excluding hydrogens is 464 g/mol. The number of anilines is 1. The van der Waals surface area contributed by atoms with Crippen molar-refractivity contribution in [1.82, 2.24) is 14.3 Å². The summed E-state index contributed by atoms with van der Waals surface area (Å²) in [5.41, 5.74) is 1.71. The van der Waals surface area contributed by atoms with E-state index in [9.17, 15) is 9.59 Å². The van der Waals surface area contributed by atoms with E-state index in [-0.39, 0.29) is 23.1 Å². The van der Waals surface area contributed by atoms with Crippen LogP contribution in [0.15, 0.2) is 58.4 Å². The molecule has 5 rings (SSSR count). The first kappa shape index (κ1) is 23.5. The number of carbonyl (C=O) groups is 1. The molecule has 0 unspecified atom stereocenters. The molecule has 0 N–H and O–H groups in total. The lowest BCUT2D eigenvalue weighted by Gasteiger charge is -2.43. The SMILES string of the molecule is Cc1ccc(SOc2cc(=O)n3cc(N4CCN(C(=O)OC(C)(C)C)C5(CC5)C4)ccc3n2)cc1. The number of fused-ring (bicyclic) bond motifs is 1. The molecule has 0 radical (unpaired) electrons. The number of pyridine rings is 1. The summed E-state index contributed by atoms with van der Waals surface area (Å²) < 4.78 is 12.9. The van der Waals surface area contributed by atoms with Gasteiger partial charge in [-0.15, -0.1) is 0 Å². The Kier molecular flexibility index (Phi) is 5.91. The predicted molar refractivity (Wildman–Crippen MR) is 136 cm³/mol. The van der Waals surface area contributed by atoms with Crippen molar-refractivity contribution in [1.29, 1.82) is 0 Å². The van der Waals surface area contributed by atoms with Gasteiger partial charge in [0.15, 0.2) is 0 Å². The fraction of sp³-hybridized carbons (Fsp3) is 0.423. The van der Waals surface area contributed by atoms with Crippen molar-refractivity contribution in [3.05, 3.63) is 64.6 Å². The van der Waals surface area contributed by atoms with E-state index in [2.05, 4.69) is 9.88 Å². The zero-order valence-corrected chi connectivity index (χ0v) is 21.3. The number of aryl methyl sites for hydroxylation is 1. The highest BCUT2D eigenvalue weighted by Gasteiger charge is 2.54. The first-order valence-electron chi connectivity index (χ1n) is 11.8. The lowest BCUT2D eigenvalue weighted by Crippen LogP contribution is -2.58. The van der Waals surface area contributed by atoms with Gasteiger partial charge >= 0.3 is 6.09 Å². The Labute approximate surface area is 209 Å². The van der Waals surface area contributed by atoms with Crippen molar-refractivity contribution in [3.8, 4) is 5.88 Å². The number of hydrogen-bond acceptors (Lipinski definition) is 7. The molecule has 1 spiro atoms. The molecule has 2 aromatic heterocycles. The van der Waals surface area contributed by atoms with Crippen LogP contribution in [-0.4, -0.2) is 51.2 Å². The van der Waals surface area contributed by atoms with Crippen LogP contribution in [0.4, 0.5) is 10.5 Å². The van der Waals surface area contributed by atoms with Crippen LogP contribution in [0, 0.1) is 6.92 Å². The largest absolute Gasteiger partial charge is 0.444 e. The molecule has 1 aliphatic carbocycles. The molecule has 9 heteroatoms. The first-order valence-corrected chi connectivity index (χ1v) is 12.6. The molecule has 1 amide bonds. The summed E-state index contributed by atoms with van der Waals surface area (Å²) in [5, 5.41) is 0. The summed E-state index contributed by atoms with van der Waals surface area (Å²) in [6.45, 7) is 9.67. The fourth-order valence-electron chi connectivity index (χ4n) is 4.36. The summed E-state index contributed by atoms with van der Waals surface area (Å²) in [6, 6.07) is 13.2. The molecule has 3 heterocycles. The third-order valence-electron chi connectivity index (χ3n) is 6.32. The summed E-state index contributed by atoms with van der Waals surface area (Å²) in [4.78, 5) is 35.1. The highest BCUT2D eigenvalue weighted by molar-refractivity contribution is 7.95. The van der Waals surface area contributed by atoms with Crippen LogP contribution in [0.5, 0.6) is 5.88 Å². The minimum absolute atomic E-state index is 0.191. The number of amides is 1. The number of carbonyl (C=O) groups excluding carboxylic acids is 1. The Balaban J connectivity index is 1.31. The number of aromatic nitrogens is 2. The van der Waals surface area contributed by atoms with Crippen LogP contribution < -0.4 is 14.6 Å². The molecule has 8 nitrogen and oxygen atoms in total. The van der Waals surface area contributed by atoms with E-state index < -0.39 is 5.60 Å². The maximum Gasteiger partial charge on any atom is 0.410 e. The number of ether oxygens (including phenoxy) is 1. The second-order valence-electron chi connectivity index (χ2n) is 10.3. The molecule has 2 fully saturated rings. The summed E-state index contributed by atoms with van der Waals surface area (Å²) in [7, 11) is 0. The molecule has 184 valence electrons. The summed E-state index contributed by atoms with van der Waals surface area (Å²) >= 11 is 1.18.